The molecule has 6 heteroatoms. The first-order valence-corrected chi connectivity index (χ1v) is 11.0. The number of ether oxygens (including phenoxy) is 1. The molecule has 5 nitrogen and oxygen atoms in total. The van der Waals surface area contributed by atoms with Gasteiger partial charge in [-0.1, -0.05) is 50.2 Å². The zero-order valence-corrected chi connectivity index (χ0v) is 21.9. The largest absolute Gasteiger partial charge is 1.00 e. The number of benzene rings is 2. The molecule has 1 atom stereocenters. The Balaban J connectivity index is 0.00000363. The van der Waals surface area contributed by atoms with Gasteiger partial charge in [0.15, 0.2) is 0 Å². The third-order valence-electron chi connectivity index (χ3n) is 5.97. The summed E-state index contributed by atoms with van der Waals surface area (Å²) in [6.45, 7) is 8.71. The first-order chi connectivity index (χ1) is 14.7. The third kappa shape index (κ3) is 6.84. The molecule has 166 valence electrons. The number of hydrogen-bond acceptors (Lipinski definition) is 4. The molecule has 0 radical (unpaired) electrons. The van der Waals surface area contributed by atoms with Crippen molar-refractivity contribution < 1.29 is 49.0 Å². The van der Waals surface area contributed by atoms with Crippen molar-refractivity contribution in [3.63, 3.8) is 0 Å². The Kier molecular flexibility index (Phi) is 9.38. The maximum Gasteiger partial charge on any atom is 1.00 e. The molecule has 0 bridgehead atoms. The summed E-state index contributed by atoms with van der Waals surface area (Å²) in [5.74, 6) is 0.0713. The van der Waals surface area contributed by atoms with Crippen LogP contribution in [0.25, 0.3) is 0 Å². The van der Waals surface area contributed by atoms with Crippen LogP contribution >= 0.6 is 0 Å². The van der Waals surface area contributed by atoms with Gasteiger partial charge in [-0.3, -0.25) is 4.79 Å². The van der Waals surface area contributed by atoms with Crippen LogP contribution in [0.15, 0.2) is 48.5 Å². The molecule has 0 saturated carbocycles. The number of amides is 1. The Morgan fingerprint density at radius 1 is 1.16 bits per heavy atom. The van der Waals surface area contributed by atoms with Crippen molar-refractivity contribution >= 4 is 11.9 Å². The van der Waals surface area contributed by atoms with Gasteiger partial charge in [0.1, 0.15) is 11.4 Å². The topological polar surface area (TPSA) is 69.7 Å². The molecule has 1 saturated heterocycles. The van der Waals surface area contributed by atoms with Crippen LogP contribution in [0.4, 0.5) is 0 Å². The number of piperidine rings is 1. The maximum absolute atomic E-state index is 12.9. The van der Waals surface area contributed by atoms with E-state index in [9.17, 15) is 14.7 Å². The molecule has 1 amide bonds. The van der Waals surface area contributed by atoms with Crippen LogP contribution in [0.1, 0.15) is 69.1 Å². The van der Waals surface area contributed by atoms with Crippen molar-refractivity contribution in [2.45, 2.75) is 64.4 Å². The second kappa shape index (κ2) is 11.4. The van der Waals surface area contributed by atoms with E-state index < -0.39 is 11.6 Å². The number of hydrogen-bond donors (Lipinski definition) is 0. The SMILES string of the molecule is CC(C)c1ccc(CC(=O)N2CCC[C@@H](c3cccc(OC(C)(C)C(=O)[O-])c3)C2)cc1.[Na+]. The second-order valence-corrected chi connectivity index (χ2v) is 9.22. The van der Waals surface area contributed by atoms with Gasteiger partial charge in [-0.15, -0.1) is 0 Å². The Morgan fingerprint density at radius 3 is 2.47 bits per heavy atom. The molecule has 1 heterocycles. The molecule has 2 aromatic carbocycles. The normalized spacial score (nSPS) is 16.4. The van der Waals surface area contributed by atoms with E-state index in [4.69, 9.17) is 4.74 Å². The summed E-state index contributed by atoms with van der Waals surface area (Å²) in [4.78, 5) is 26.1. The fourth-order valence-corrected chi connectivity index (χ4v) is 3.95. The molecule has 1 fully saturated rings. The van der Waals surface area contributed by atoms with Gasteiger partial charge in [-0.05, 0) is 61.4 Å². The Bertz CT molecular complexity index is 924. The number of carbonyl (C=O) groups is 2. The van der Waals surface area contributed by atoms with E-state index in [1.165, 1.54) is 19.4 Å². The predicted octanol–water partition coefficient (Wildman–Crippen LogP) is 0.670. The van der Waals surface area contributed by atoms with Gasteiger partial charge < -0.3 is 19.5 Å². The fourth-order valence-electron chi connectivity index (χ4n) is 3.95. The van der Waals surface area contributed by atoms with Gasteiger partial charge in [0.05, 0.1) is 12.4 Å². The predicted molar refractivity (Wildman–Crippen MR) is 119 cm³/mol. The summed E-state index contributed by atoms with van der Waals surface area (Å²) in [7, 11) is 0. The van der Waals surface area contributed by atoms with Gasteiger partial charge in [0.25, 0.3) is 0 Å². The number of rotatable bonds is 7. The van der Waals surface area contributed by atoms with Crippen molar-refractivity contribution in [3.05, 3.63) is 65.2 Å². The number of carboxylic acid groups (broad SMARTS) is 1. The van der Waals surface area contributed by atoms with E-state index in [0.717, 1.165) is 30.5 Å². The second-order valence-electron chi connectivity index (χ2n) is 9.22. The van der Waals surface area contributed by atoms with Gasteiger partial charge in [0, 0.05) is 19.0 Å². The van der Waals surface area contributed by atoms with E-state index in [2.05, 4.69) is 38.1 Å². The standard InChI is InChI=1S/C26H33NO4.Na/c1-18(2)20-12-10-19(11-13-20)15-24(28)27-14-6-8-22(17-27)21-7-5-9-23(16-21)31-26(3,4)25(29)30;/h5,7,9-13,16,18,22H,6,8,14-15,17H2,1-4H3,(H,29,30);/q;+1/p-1/t22-;/m1./s1. The van der Waals surface area contributed by atoms with E-state index in [1.54, 1.807) is 6.07 Å². The molecular formula is C26H32NNaO4. The Labute approximate surface area is 213 Å². The molecule has 3 rings (SSSR count). The minimum atomic E-state index is -1.40. The monoisotopic (exact) mass is 445 g/mol. The minimum Gasteiger partial charge on any atom is -0.546 e. The molecule has 0 spiro atoms. The van der Waals surface area contributed by atoms with E-state index in [-0.39, 0.29) is 41.4 Å². The summed E-state index contributed by atoms with van der Waals surface area (Å²) in [6.07, 6.45) is 2.34. The van der Waals surface area contributed by atoms with E-state index in [0.29, 0.717) is 24.6 Å². The van der Waals surface area contributed by atoms with Crippen molar-refractivity contribution in [2.75, 3.05) is 13.1 Å². The maximum atomic E-state index is 12.9. The summed E-state index contributed by atoms with van der Waals surface area (Å²) in [6, 6.07) is 15.8. The van der Waals surface area contributed by atoms with Crippen molar-refractivity contribution in [1.82, 2.24) is 4.90 Å². The Hall–Kier alpha value is -1.82. The quantitative estimate of drug-likeness (QED) is 0.588. The first kappa shape index (κ1) is 26.4. The fraction of sp³-hybridized carbons (Fsp3) is 0.462. The van der Waals surface area contributed by atoms with Crippen LogP contribution in [0.3, 0.4) is 0 Å². The van der Waals surface area contributed by atoms with Crippen molar-refractivity contribution in [1.29, 1.82) is 0 Å². The van der Waals surface area contributed by atoms with Crippen LogP contribution in [0, 0.1) is 0 Å². The summed E-state index contributed by atoms with van der Waals surface area (Å²) in [5, 5.41) is 11.3. The molecule has 0 unspecified atom stereocenters. The number of likely N-dealkylation sites (tertiary alicyclic amines) is 1. The van der Waals surface area contributed by atoms with Gasteiger partial charge in [-0.2, -0.15) is 0 Å². The summed E-state index contributed by atoms with van der Waals surface area (Å²) in [5.41, 5.74) is 1.97. The van der Waals surface area contributed by atoms with Crippen LogP contribution in [-0.2, 0) is 16.0 Å². The van der Waals surface area contributed by atoms with Crippen LogP contribution in [-0.4, -0.2) is 35.5 Å². The molecule has 32 heavy (non-hydrogen) atoms. The van der Waals surface area contributed by atoms with E-state index >= 15 is 0 Å². The van der Waals surface area contributed by atoms with Crippen LogP contribution in [0.5, 0.6) is 5.75 Å². The number of carbonyl (C=O) groups excluding carboxylic acids is 2. The van der Waals surface area contributed by atoms with Crippen LogP contribution < -0.4 is 39.4 Å². The third-order valence-corrected chi connectivity index (χ3v) is 5.97. The van der Waals surface area contributed by atoms with Gasteiger partial charge in [0.2, 0.25) is 5.91 Å². The summed E-state index contributed by atoms with van der Waals surface area (Å²) >= 11 is 0. The Morgan fingerprint density at radius 2 is 1.84 bits per heavy atom. The van der Waals surface area contributed by atoms with Gasteiger partial charge in [-0.25, -0.2) is 0 Å². The zero-order chi connectivity index (χ0) is 22.6. The summed E-state index contributed by atoms with van der Waals surface area (Å²) < 4.78 is 5.63. The molecule has 0 aromatic heterocycles. The average molecular weight is 446 g/mol. The number of carboxylic acids is 1. The minimum absolute atomic E-state index is 0. The smallest absolute Gasteiger partial charge is 0.546 e. The van der Waals surface area contributed by atoms with Crippen LogP contribution in [0.2, 0.25) is 0 Å². The van der Waals surface area contributed by atoms with E-state index in [1.807, 2.05) is 23.1 Å². The van der Waals surface area contributed by atoms with Gasteiger partial charge >= 0.3 is 29.6 Å². The molecular weight excluding hydrogens is 413 g/mol. The zero-order valence-electron chi connectivity index (χ0n) is 19.9. The first-order valence-electron chi connectivity index (χ1n) is 11.0. The average Bonchev–Trinajstić information content (AvgIpc) is 2.74. The molecule has 0 N–H and O–H groups in total. The molecule has 1 aliphatic rings. The molecule has 1 aliphatic heterocycles. The molecule has 2 aromatic rings. The number of nitrogens with zero attached hydrogens (tertiary/aromatic N) is 1. The van der Waals surface area contributed by atoms with Crippen molar-refractivity contribution in [2.24, 2.45) is 0 Å². The van der Waals surface area contributed by atoms with Crippen molar-refractivity contribution in [3.8, 4) is 5.75 Å². The molecule has 0 aliphatic carbocycles. The number of aliphatic carboxylic acids is 1.